The van der Waals surface area contributed by atoms with Gasteiger partial charge >= 0.3 is 5.97 Å². The van der Waals surface area contributed by atoms with Crippen LogP contribution in [0.2, 0.25) is 0 Å². The lowest BCUT2D eigenvalue weighted by Gasteiger charge is -2.12. The number of methoxy groups -OCH3 is 1. The van der Waals surface area contributed by atoms with Crippen molar-refractivity contribution in [3.8, 4) is 0 Å². The van der Waals surface area contributed by atoms with E-state index in [2.05, 4.69) is 11.6 Å². The summed E-state index contributed by atoms with van der Waals surface area (Å²) >= 11 is 0. The molecule has 1 aromatic heterocycles. The van der Waals surface area contributed by atoms with Crippen LogP contribution in [0.4, 0.5) is 5.69 Å². The fraction of sp³-hybridized carbons (Fsp3) is 0.357. The third kappa shape index (κ3) is 4.54. The topological polar surface area (TPSA) is 116 Å². The molecule has 1 heterocycles. The van der Waals surface area contributed by atoms with Gasteiger partial charge in [-0.2, -0.15) is 0 Å². The van der Waals surface area contributed by atoms with Crippen molar-refractivity contribution in [1.82, 2.24) is 4.57 Å². The van der Waals surface area contributed by atoms with Crippen molar-refractivity contribution in [2.24, 2.45) is 10.7 Å². The van der Waals surface area contributed by atoms with Crippen LogP contribution in [0, 0.1) is 6.92 Å². The van der Waals surface area contributed by atoms with E-state index < -0.39 is 17.7 Å². The molecule has 0 fully saturated rings. The molecule has 1 rings (SSSR count). The number of nitrogens with two attached hydrogens (primary N) is 1. The van der Waals surface area contributed by atoms with Gasteiger partial charge in [-0.25, -0.2) is 4.79 Å². The Hall–Kier alpha value is -2.45. The lowest BCUT2D eigenvalue weighted by molar-refractivity contribution is -0.140. The first-order chi connectivity index (χ1) is 10.4. The number of hydrogen-bond acceptors (Lipinski definition) is 6. The van der Waals surface area contributed by atoms with E-state index >= 15 is 0 Å². The number of allylic oxidation sites excluding steroid dienone is 1. The monoisotopic (exact) mass is 309 g/mol. The van der Waals surface area contributed by atoms with E-state index in [-0.39, 0.29) is 5.56 Å². The maximum absolute atomic E-state index is 12.1. The molecule has 0 aliphatic carbocycles. The van der Waals surface area contributed by atoms with Crippen LogP contribution < -0.4 is 11.3 Å². The van der Waals surface area contributed by atoms with Gasteiger partial charge in [-0.1, -0.05) is 6.58 Å². The van der Waals surface area contributed by atoms with Gasteiger partial charge in [0.15, 0.2) is 6.17 Å². The van der Waals surface area contributed by atoms with Crippen LogP contribution in [0.1, 0.15) is 11.7 Å². The molecule has 0 aliphatic rings. The molecule has 1 aromatic rings. The zero-order valence-corrected chi connectivity index (χ0v) is 12.5. The molecule has 120 valence electrons. The molecule has 22 heavy (non-hydrogen) atoms. The highest BCUT2D eigenvalue weighted by Crippen LogP contribution is 2.14. The standard InChI is InChI=1S/C14H19N3O5/c1-9(22-7-6-21-3)8-16-11-4-5-17(12(15)14(19)20)13(18)10(11)2/h4-5,8,12H,1,6-7,15H2,2-3H3,(H,19,20)/t12-/m0/s1. The average molecular weight is 309 g/mol. The molecule has 8 nitrogen and oxygen atoms in total. The quantitative estimate of drug-likeness (QED) is 0.412. The second kappa shape index (κ2) is 8.11. The number of carbonyl (C=O) groups is 1. The number of ether oxygens (including phenoxy) is 2. The van der Waals surface area contributed by atoms with Gasteiger partial charge in [0, 0.05) is 18.9 Å². The summed E-state index contributed by atoms with van der Waals surface area (Å²) in [6.45, 7) is 5.96. The smallest absolute Gasteiger partial charge is 0.341 e. The third-order valence-electron chi connectivity index (χ3n) is 2.81. The minimum Gasteiger partial charge on any atom is -0.490 e. The first-order valence-corrected chi connectivity index (χ1v) is 6.43. The summed E-state index contributed by atoms with van der Waals surface area (Å²) in [6.07, 6.45) is 1.23. The van der Waals surface area contributed by atoms with Crippen LogP contribution in [-0.4, -0.2) is 42.2 Å². The molecule has 0 bridgehead atoms. The molecule has 0 aromatic carbocycles. The first kappa shape index (κ1) is 17.6. The van der Waals surface area contributed by atoms with Crippen LogP contribution in [0.3, 0.4) is 0 Å². The van der Waals surface area contributed by atoms with Crippen molar-refractivity contribution < 1.29 is 19.4 Å². The van der Waals surface area contributed by atoms with E-state index in [1.807, 2.05) is 0 Å². The molecule has 0 amide bonds. The Morgan fingerprint density at radius 3 is 2.86 bits per heavy atom. The van der Waals surface area contributed by atoms with Gasteiger partial charge in [-0.05, 0) is 13.0 Å². The highest BCUT2D eigenvalue weighted by atomic mass is 16.5. The number of aliphatic imine (C=N–C) groups is 1. The largest absolute Gasteiger partial charge is 0.490 e. The molecule has 3 N–H and O–H groups in total. The van der Waals surface area contributed by atoms with Crippen molar-refractivity contribution in [2.75, 3.05) is 20.3 Å². The lowest BCUT2D eigenvalue weighted by Crippen LogP contribution is -2.35. The maximum atomic E-state index is 12.1. The SMILES string of the molecule is C=C(C=Nc1ccn([C@H](N)C(=O)O)c(=O)c1C)OCCOC. The molecular weight excluding hydrogens is 290 g/mol. The summed E-state index contributed by atoms with van der Waals surface area (Å²) in [5, 5.41) is 8.85. The van der Waals surface area contributed by atoms with Gasteiger partial charge < -0.3 is 20.3 Å². The number of aliphatic carboxylic acids is 1. The van der Waals surface area contributed by atoms with Crippen molar-refractivity contribution >= 4 is 17.9 Å². The number of pyridine rings is 1. The van der Waals surface area contributed by atoms with E-state index in [4.69, 9.17) is 20.3 Å². The number of carboxylic acid groups (broad SMARTS) is 1. The molecule has 0 aliphatic heterocycles. The van der Waals surface area contributed by atoms with Crippen LogP contribution in [0.25, 0.3) is 0 Å². The zero-order valence-electron chi connectivity index (χ0n) is 12.5. The lowest BCUT2D eigenvalue weighted by atomic mass is 10.2. The van der Waals surface area contributed by atoms with E-state index in [0.717, 1.165) is 4.57 Å². The van der Waals surface area contributed by atoms with Gasteiger partial charge in [0.2, 0.25) is 0 Å². The second-order valence-electron chi connectivity index (χ2n) is 4.39. The van der Waals surface area contributed by atoms with Crippen LogP contribution in [0.5, 0.6) is 0 Å². The zero-order chi connectivity index (χ0) is 16.7. The van der Waals surface area contributed by atoms with E-state index in [9.17, 15) is 9.59 Å². The van der Waals surface area contributed by atoms with Crippen LogP contribution in [0.15, 0.2) is 34.4 Å². The van der Waals surface area contributed by atoms with Crippen LogP contribution in [-0.2, 0) is 14.3 Å². The fourth-order valence-corrected chi connectivity index (χ4v) is 1.56. The fourth-order valence-electron chi connectivity index (χ4n) is 1.56. The number of hydrogen-bond donors (Lipinski definition) is 2. The Bertz CT molecular complexity index is 636. The van der Waals surface area contributed by atoms with Crippen molar-refractivity contribution in [3.05, 3.63) is 40.5 Å². The minimum absolute atomic E-state index is 0.278. The summed E-state index contributed by atoms with van der Waals surface area (Å²) < 4.78 is 11.0. The second-order valence-corrected chi connectivity index (χ2v) is 4.39. The van der Waals surface area contributed by atoms with Crippen molar-refractivity contribution in [2.45, 2.75) is 13.1 Å². The van der Waals surface area contributed by atoms with E-state index in [0.29, 0.717) is 24.7 Å². The summed E-state index contributed by atoms with van der Waals surface area (Å²) in [5.74, 6) is -0.972. The molecule has 1 atom stereocenters. The van der Waals surface area contributed by atoms with Crippen molar-refractivity contribution in [1.29, 1.82) is 0 Å². The molecule has 0 radical (unpaired) electrons. The van der Waals surface area contributed by atoms with E-state index in [1.54, 1.807) is 7.11 Å². The molecular formula is C14H19N3O5. The molecule has 8 heteroatoms. The predicted molar refractivity (Wildman–Crippen MR) is 81.4 cm³/mol. The van der Waals surface area contributed by atoms with Crippen LogP contribution >= 0.6 is 0 Å². The Kier molecular flexibility index (Phi) is 6.48. The number of aromatic nitrogens is 1. The Morgan fingerprint density at radius 2 is 2.27 bits per heavy atom. The summed E-state index contributed by atoms with van der Waals surface area (Å²) in [7, 11) is 1.56. The van der Waals surface area contributed by atoms with E-state index in [1.165, 1.54) is 25.4 Å². The number of nitrogens with zero attached hydrogens (tertiary/aromatic N) is 2. The first-order valence-electron chi connectivity index (χ1n) is 6.43. The molecule has 0 unspecified atom stereocenters. The van der Waals surface area contributed by atoms with Gasteiger partial charge in [0.25, 0.3) is 5.56 Å². The Morgan fingerprint density at radius 1 is 1.59 bits per heavy atom. The molecule has 0 saturated heterocycles. The van der Waals surface area contributed by atoms with Crippen molar-refractivity contribution in [3.63, 3.8) is 0 Å². The predicted octanol–water partition coefficient (Wildman–Crippen LogP) is 0.578. The Balaban J connectivity index is 2.90. The average Bonchev–Trinajstić information content (AvgIpc) is 2.48. The highest BCUT2D eigenvalue weighted by molar-refractivity contribution is 5.78. The highest BCUT2D eigenvalue weighted by Gasteiger charge is 2.16. The summed E-state index contributed by atoms with van der Waals surface area (Å²) in [5.41, 5.74) is 5.57. The Labute approximate surface area is 127 Å². The summed E-state index contributed by atoms with van der Waals surface area (Å²) in [4.78, 5) is 27.0. The summed E-state index contributed by atoms with van der Waals surface area (Å²) in [6, 6.07) is 1.50. The normalized spacial score (nSPS) is 12.3. The van der Waals surface area contributed by atoms with Gasteiger partial charge in [0.05, 0.1) is 18.5 Å². The number of carboxylic acids is 1. The van der Waals surface area contributed by atoms with Gasteiger partial charge in [-0.3, -0.25) is 14.4 Å². The third-order valence-corrected chi connectivity index (χ3v) is 2.81. The van der Waals surface area contributed by atoms with Gasteiger partial charge in [-0.15, -0.1) is 0 Å². The minimum atomic E-state index is -1.43. The molecule has 0 spiro atoms. The van der Waals surface area contributed by atoms with Gasteiger partial charge in [0.1, 0.15) is 12.4 Å². The molecule has 0 saturated carbocycles. The maximum Gasteiger partial charge on any atom is 0.341 e. The number of rotatable bonds is 8.